The Balaban J connectivity index is 2.09. The summed E-state index contributed by atoms with van der Waals surface area (Å²) >= 11 is 3.32. The molecule has 0 radical (unpaired) electrons. The molecule has 0 atom stereocenters. The van der Waals surface area contributed by atoms with Crippen molar-refractivity contribution < 1.29 is 4.39 Å². The van der Waals surface area contributed by atoms with Crippen LogP contribution in [0.25, 0.3) is 5.65 Å². The molecule has 7 heteroatoms. The first-order chi connectivity index (χ1) is 9.67. The third-order valence-electron chi connectivity index (χ3n) is 2.81. The van der Waals surface area contributed by atoms with Crippen molar-refractivity contribution in [2.24, 2.45) is 0 Å². The molecule has 2 heterocycles. The number of aromatic nitrogens is 3. The highest BCUT2D eigenvalue weighted by atomic mass is 79.9. The first-order valence-corrected chi connectivity index (χ1v) is 6.70. The molecule has 0 aliphatic carbocycles. The minimum absolute atomic E-state index is 0.338. The molecular weight excluding hydrogens is 325 g/mol. The lowest BCUT2D eigenvalue weighted by molar-refractivity contribution is 0.631. The highest BCUT2D eigenvalue weighted by molar-refractivity contribution is 9.10. The van der Waals surface area contributed by atoms with Crippen LogP contribution in [0.1, 0.15) is 0 Å². The number of halogens is 2. The van der Waals surface area contributed by atoms with Gasteiger partial charge in [0.15, 0.2) is 11.5 Å². The van der Waals surface area contributed by atoms with Crippen LogP contribution in [0, 0.1) is 5.82 Å². The maximum Gasteiger partial charge on any atom is 0.180 e. The van der Waals surface area contributed by atoms with Gasteiger partial charge in [0.1, 0.15) is 11.6 Å². The maximum atomic E-state index is 13.8. The third-order valence-corrected chi connectivity index (χ3v) is 3.30. The van der Waals surface area contributed by atoms with Crippen molar-refractivity contribution in [2.45, 2.75) is 0 Å². The standard InChI is InChI=1S/C13H11BrFN5/c1-16-11-7-20-5-4-17-13(20)12(19-11)18-10-6-8(14)2-3-9(10)15/h2-7,16H,1H3,(H,18,19). The van der Waals surface area contributed by atoms with E-state index >= 15 is 0 Å². The van der Waals surface area contributed by atoms with Crippen molar-refractivity contribution in [1.82, 2.24) is 14.4 Å². The zero-order chi connectivity index (χ0) is 14.1. The molecule has 0 spiro atoms. The molecule has 0 fully saturated rings. The lowest BCUT2D eigenvalue weighted by atomic mass is 10.3. The molecule has 0 unspecified atom stereocenters. The molecule has 0 bridgehead atoms. The average Bonchev–Trinajstić information content (AvgIpc) is 2.91. The summed E-state index contributed by atoms with van der Waals surface area (Å²) in [7, 11) is 1.77. The van der Waals surface area contributed by atoms with Crippen molar-refractivity contribution in [3.05, 3.63) is 47.1 Å². The Bertz CT molecular complexity index is 771. The van der Waals surface area contributed by atoms with Crippen LogP contribution in [-0.2, 0) is 0 Å². The van der Waals surface area contributed by atoms with E-state index in [-0.39, 0.29) is 5.82 Å². The molecular formula is C13H11BrFN5. The van der Waals surface area contributed by atoms with Crippen LogP contribution >= 0.6 is 15.9 Å². The van der Waals surface area contributed by atoms with Gasteiger partial charge in [-0.3, -0.25) is 0 Å². The molecule has 0 amide bonds. The van der Waals surface area contributed by atoms with E-state index in [1.165, 1.54) is 6.07 Å². The fourth-order valence-corrected chi connectivity index (χ4v) is 2.22. The van der Waals surface area contributed by atoms with Gasteiger partial charge in [0, 0.05) is 23.9 Å². The summed E-state index contributed by atoms with van der Waals surface area (Å²) < 4.78 is 16.4. The molecule has 3 aromatic rings. The Kier molecular flexibility index (Phi) is 3.27. The van der Waals surface area contributed by atoms with Gasteiger partial charge < -0.3 is 15.0 Å². The second-order valence-corrected chi connectivity index (χ2v) is 5.05. The molecule has 0 aliphatic heterocycles. The van der Waals surface area contributed by atoms with E-state index < -0.39 is 0 Å². The Hall–Kier alpha value is -2.15. The third kappa shape index (κ3) is 2.32. The molecule has 1 aromatic carbocycles. The number of hydrogen-bond donors (Lipinski definition) is 2. The van der Waals surface area contributed by atoms with E-state index in [9.17, 15) is 4.39 Å². The fraction of sp³-hybridized carbons (Fsp3) is 0.0769. The van der Waals surface area contributed by atoms with Gasteiger partial charge in [-0.05, 0) is 18.2 Å². The van der Waals surface area contributed by atoms with Crippen LogP contribution in [0.4, 0.5) is 21.7 Å². The van der Waals surface area contributed by atoms with Gasteiger partial charge in [-0.15, -0.1) is 0 Å². The Morgan fingerprint density at radius 1 is 1.35 bits per heavy atom. The van der Waals surface area contributed by atoms with Gasteiger partial charge in [0.2, 0.25) is 0 Å². The summed E-state index contributed by atoms with van der Waals surface area (Å²) in [5.74, 6) is 0.793. The van der Waals surface area contributed by atoms with Gasteiger partial charge in [-0.1, -0.05) is 15.9 Å². The van der Waals surface area contributed by atoms with Crippen LogP contribution in [-0.4, -0.2) is 21.4 Å². The minimum atomic E-state index is -0.352. The number of fused-ring (bicyclic) bond motifs is 1. The summed E-state index contributed by atoms with van der Waals surface area (Å²) in [6, 6.07) is 4.68. The smallest absolute Gasteiger partial charge is 0.180 e. The summed E-state index contributed by atoms with van der Waals surface area (Å²) in [5, 5.41) is 5.94. The highest BCUT2D eigenvalue weighted by Gasteiger charge is 2.10. The minimum Gasteiger partial charge on any atom is -0.372 e. The molecule has 2 N–H and O–H groups in total. The summed E-state index contributed by atoms with van der Waals surface area (Å²) in [6.07, 6.45) is 5.28. The maximum absolute atomic E-state index is 13.8. The van der Waals surface area contributed by atoms with Crippen LogP contribution < -0.4 is 10.6 Å². The zero-order valence-electron chi connectivity index (χ0n) is 10.6. The van der Waals surface area contributed by atoms with Crippen molar-refractivity contribution in [3.8, 4) is 0 Å². The predicted molar refractivity (Wildman–Crippen MR) is 79.9 cm³/mol. The van der Waals surface area contributed by atoms with Crippen molar-refractivity contribution >= 4 is 38.9 Å². The second kappa shape index (κ2) is 5.09. The van der Waals surface area contributed by atoms with Crippen molar-refractivity contribution in [2.75, 3.05) is 17.7 Å². The van der Waals surface area contributed by atoms with E-state index in [0.717, 1.165) is 4.47 Å². The number of hydrogen-bond acceptors (Lipinski definition) is 4. The SMILES string of the molecule is CNc1cn2ccnc2c(Nc2cc(Br)ccc2F)n1. The monoisotopic (exact) mass is 335 g/mol. The zero-order valence-corrected chi connectivity index (χ0v) is 12.1. The second-order valence-electron chi connectivity index (χ2n) is 4.13. The Morgan fingerprint density at radius 2 is 2.20 bits per heavy atom. The van der Waals surface area contributed by atoms with Crippen molar-refractivity contribution in [1.29, 1.82) is 0 Å². The van der Waals surface area contributed by atoms with Crippen molar-refractivity contribution in [3.63, 3.8) is 0 Å². The summed E-state index contributed by atoms with van der Waals surface area (Å²) in [5.41, 5.74) is 0.966. The first kappa shape index (κ1) is 12.9. The number of nitrogens with zero attached hydrogens (tertiary/aromatic N) is 3. The first-order valence-electron chi connectivity index (χ1n) is 5.91. The van der Waals surface area contributed by atoms with Gasteiger partial charge >= 0.3 is 0 Å². The number of anilines is 3. The molecule has 0 aliphatic rings. The molecule has 2 aromatic heterocycles. The quantitative estimate of drug-likeness (QED) is 0.770. The lowest BCUT2D eigenvalue weighted by Gasteiger charge is -2.10. The number of benzene rings is 1. The highest BCUT2D eigenvalue weighted by Crippen LogP contribution is 2.25. The molecule has 5 nitrogen and oxygen atoms in total. The predicted octanol–water partition coefficient (Wildman–Crippen LogP) is 3.42. The van der Waals surface area contributed by atoms with Gasteiger partial charge in [-0.2, -0.15) is 0 Å². The summed E-state index contributed by atoms with van der Waals surface area (Å²) in [6.45, 7) is 0. The molecule has 102 valence electrons. The normalized spacial score (nSPS) is 10.8. The van der Waals surface area contributed by atoms with Crippen LogP contribution in [0.15, 0.2) is 41.3 Å². The van der Waals surface area contributed by atoms with E-state index in [4.69, 9.17) is 0 Å². The Labute approximate surface area is 123 Å². The molecule has 0 saturated carbocycles. The van der Waals surface area contributed by atoms with Gasteiger partial charge in [0.05, 0.1) is 11.9 Å². The largest absolute Gasteiger partial charge is 0.372 e. The van der Waals surface area contributed by atoms with Gasteiger partial charge in [0.25, 0.3) is 0 Å². The van der Waals surface area contributed by atoms with Crippen LogP contribution in [0.3, 0.4) is 0 Å². The number of imidazole rings is 1. The number of nitrogens with one attached hydrogen (secondary N) is 2. The van der Waals surface area contributed by atoms with E-state index in [1.54, 1.807) is 31.6 Å². The van der Waals surface area contributed by atoms with E-state index in [0.29, 0.717) is 23.0 Å². The van der Waals surface area contributed by atoms with E-state index in [2.05, 4.69) is 36.5 Å². The molecule has 0 saturated heterocycles. The van der Waals surface area contributed by atoms with Crippen LogP contribution in [0.5, 0.6) is 0 Å². The number of rotatable bonds is 3. The fourth-order valence-electron chi connectivity index (χ4n) is 1.86. The summed E-state index contributed by atoms with van der Waals surface area (Å²) in [4.78, 5) is 8.59. The average molecular weight is 336 g/mol. The topological polar surface area (TPSA) is 54.2 Å². The lowest BCUT2D eigenvalue weighted by Crippen LogP contribution is -2.03. The Morgan fingerprint density at radius 3 is 3.00 bits per heavy atom. The van der Waals surface area contributed by atoms with Gasteiger partial charge in [-0.25, -0.2) is 14.4 Å². The molecule has 20 heavy (non-hydrogen) atoms. The van der Waals surface area contributed by atoms with E-state index in [1.807, 2.05) is 10.6 Å². The van der Waals surface area contributed by atoms with Crippen LogP contribution in [0.2, 0.25) is 0 Å². The molecule has 3 rings (SSSR count).